The van der Waals surface area contributed by atoms with E-state index in [0.29, 0.717) is 37.6 Å². The zero-order valence-corrected chi connectivity index (χ0v) is 16.6. The van der Waals surface area contributed by atoms with E-state index < -0.39 is 5.79 Å². The molecule has 1 aromatic rings. The van der Waals surface area contributed by atoms with Crippen molar-refractivity contribution < 1.29 is 19.1 Å². The van der Waals surface area contributed by atoms with Gasteiger partial charge in [0.2, 0.25) is 11.8 Å². The van der Waals surface area contributed by atoms with E-state index in [1.165, 1.54) is 0 Å². The van der Waals surface area contributed by atoms with Crippen LogP contribution in [0, 0.1) is 23.2 Å². The number of nitriles is 1. The predicted octanol–water partition coefficient (Wildman–Crippen LogP) is 2.67. The average molecular weight is 397 g/mol. The number of carbonyl (C=O) groups excluding carboxylic acids is 2. The first kappa shape index (κ1) is 19.9. The van der Waals surface area contributed by atoms with Gasteiger partial charge in [0.15, 0.2) is 5.79 Å². The second-order valence-electron chi connectivity index (χ2n) is 8.16. The number of ether oxygens (including phenoxy) is 2. The maximum Gasteiger partial charge on any atom is 0.227 e. The second kappa shape index (κ2) is 8.52. The summed E-state index contributed by atoms with van der Waals surface area (Å²) >= 11 is 0. The molecule has 2 saturated heterocycles. The van der Waals surface area contributed by atoms with Gasteiger partial charge in [-0.05, 0) is 49.9 Å². The Hall–Kier alpha value is -2.43. The highest BCUT2D eigenvalue weighted by Gasteiger charge is 2.42. The van der Waals surface area contributed by atoms with Crippen LogP contribution in [0.1, 0.15) is 44.1 Å². The normalized spacial score (nSPS) is 26.1. The first-order valence-corrected chi connectivity index (χ1v) is 10.5. The Balaban J connectivity index is 1.24. The van der Waals surface area contributed by atoms with Crippen molar-refractivity contribution in [2.45, 2.75) is 44.3 Å². The van der Waals surface area contributed by atoms with Gasteiger partial charge in [0.1, 0.15) is 0 Å². The first-order valence-electron chi connectivity index (χ1n) is 10.5. The van der Waals surface area contributed by atoms with Gasteiger partial charge in [-0.25, -0.2) is 0 Å². The van der Waals surface area contributed by atoms with E-state index in [1.54, 1.807) is 24.3 Å². The van der Waals surface area contributed by atoms with Crippen molar-refractivity contribution in [3.8, 4) is 6.07 Å². The monoisotopic (exact) mass is 397 g/mol. The lowest BCUT2D eigenvalue weighted by Crippen LogP contribution is -2.49. The van der Waals surface area contributed by atoms with Gasteiger partial charge in [-0.1, -0.05) is 0 Å². The summed E-state index contributed by atoms with van der Waals surface area (Å²) in [6.07, 6.45) is 4.42. The van der Waals surface area contributed by atoms with Crippen molar-refractivity contribution >= 4 is 17.5 Å². The van der Waals surface area contributed by atoms with Crippen LogP contribution in [0.15, 0.2) is 24.3 Å². The Morgan fingerprint density at radius 3 is 2.17 bits per heavy atom. The number of rotatable bonds is 3. The SMILES string of the molecule is N#Cc1ccc(NC(=O)C2CCC(C(=O)N3CCC4(CC3)OCCO4)CC2)cc1. The lowest BCUT2D eigenvalue weighted by atomic mass is 9.80. The van der Waals surface area contributed by atoms with E-state index in [9.17, 15) is 9.59 Å². The van der Waals surface area contributed by atoms with Crippen molar-refractivity contribution in [2.24, 2.45) is 11.8 Å². The summed E-state index contributed by atoms with van der Waals surface area (Å²) in [6, 6.07) is 8.93. The molecule has 0 aromatic heterocycles. The molecule has 0 bridgehead atoms. The molecular formula is C22H27N3O4. The smallest absolute Gasteiger partial charge is 0.227 e. The second-order valence-corrected chi connectivity index (χ2v) is 8.16. The summed E-state index contributed by atoms with van der Waals surface area (Å²) < 4.78 is 11.5. The maximum absolute atomic E-state index is 12.9. The van der Waals surface area contributed by atoms with Gasteiger partial charge in [0.25, 0.3) is 0 Å². The van der Waals surface area contributed by atoms with Crippen LogP contribution >= 0.6 is 0 Å². The summed E-state index contributed by atoms with van der Waals surface area (Å²) in [5, 5.41) is 11.8. The highest BCUT2D eigenvalue weighted by molar-refractivity contribution is 5.92. The lowest BCUT2D eigenvalue weighted by molar-refractivity contribution is -0.188. The van der Waals surface area contributed by atoms with Crippen molar-refractivity contribution in [3.05, 3.63) is 29.8 Å². The zero-order chi connectivity index (χ0) is 20.3. The number of nitrogens with zero attached hydrogens (tertiary/aromatic N) is 2. The minimum atomic E-state index is -0.460. The molecule has 7 heteroatoms. The van der Waals surface area contributed by atoms with Crippen molar-refractivity contribution in [3.63, 3.8) is 0 Å². The van der Waals surface area contributed by atoms with Gasteiger partial charge in [-0.3, -0.25) is 9.59 Å². The molecule has 1 N–H and O–H groups in total. The van der Waals surface area contributed by atoms with E-state index in [1.807, 2.05) is 4.90 Å². The van der Waals surface area contributed by atoms with E-state index in [4.69, 9.17) is 14.7 Å². The number of amides is 2. The third kappa shape index (κ3) is 4.44. The number of likely N-dealkylation sites (tertiary alicyclic amines) is 1. The van der Waals surface area contributed by atoms with E-state index in [2.05, 4.69) is 11.4 Å². The quantitative estimate of drug-likeness (QED) is 0.847. The van der Waals surface area contributed by atoms with Crippen LogP contribution in [0.4, 0.5) is 5.69 Å². The minimum Gasteiger partial charge on any atom is -0.347 e. The molecule has 0 radical (unpaired) electrons. The fourth-order valence-corrected chi connectivity index (χ4v) is 4.59. The molecule has 1 aromatic carbocycles. The lowest BCUT2D eigenvalue weighted by Gasteiger charge is -2.39. The van der Waals surface area contributed by atoms with Crippen LogP contribution in [0.25, 0.3) is 0 Å². The molecule has 2 heterocycles. The molecule has 1 spiro atoms. The van der Waals surface area contributed by atoms with Crippen LogP contribution in [0.5, 0.6) is 0 Å². The summed E-state index contributed by atoms with van der Waals surface area (Å²) in [7, 11) is 0. The third-order valence-electron chi connectivity index (χ3n) is 6.38. The van der Waals surface area contributed by atoms with Crippen LogP contribution < -0.4 is 5.32 Å². The summed E-state index contributed by atoms with van der Waals surface area (Å²) in [5.74, 6) is -0.314. The van der Waals surface area contributed by atoms with Gasteiger partial charge < -0.3 is 19.7 Å². The molecule has 154 valence electrons. The summed E-state index contributed by atoms with van der Waals surface area (Å²) in [4.78, 5) is 27.4. The Labute approximate surface area is 171 Å². The first-order chi connectivity index (χ1) is 14.1. The number of benzene rings is 1. The molecule has 4 rings (SSSR count). The van der Waals surface area contributed by atoms with Gasteiger partial charge in [-0.2, -0.15) is 5.26 Å². The Kier molecular flexibility index (Phi) is 5.84. The standard InChI is InChI=1S/C22H27N3O4/c23-15-16-1-7-19(8-2-16)24-20(26)17-3-5-18(6-4-17)21(27)25-11-9-22(10-12-25)28-13-14-29-22/h1-2,7-8,17-18H,3-6,9-14H2,(H,24,26). The van der Waals surface area contributed by atoms with E-state index >= 15 is 0 Å². The number of carbonyl (C=O) groups is 2. The van der Waals surface area contributed by atoms with Crippen LogP contribution in [0.2, 0.25) is 0 Å². The van der Waals surface area contributed by atoms with Crippen molar-refractivity contribution in [2.75, 3.05) is 31.6 Å². The molecule has 0 unspecified atom stereocenters. The van der Waals surface area contributed by atoms with Crippen molar-refractivity contribution in [1.29, 1.82) is 5.26 Å². The molecule has 1 aliphatic carbocycles. The molecule has 29 heavy (non-hydrogen) atoms. The highest BCUT2D eigenvalue weighted by Crippen LogP contribution is 2.35. The highest BCUT2D eigenvalue weighted by atomic mass is 16.7. The van der Waals surface area contributed by atoms with Gasteiger partial charge >= 0.3 is 0 Å². The molecule has 0 atom stereocenters. The maximum atomic E-state index is 12.9. The van der Waals surface area contributed by atoms with E-state index in [-0.39, 0.29) is 23.7 Å². The molecular weight excluding hydrogens is 370 g/mol. The number of hydrogen-bond donors (Lipinski definition) is 1. The van der Waals surface area contributed by atoms with Gasteiger partial charge in [-0.15, -0.1) is 0 Å². The third-order valence-corrected chi connectivity index (χ3v) is 6.38. The predicted molar refractivity (Wildman–Crippen MR) is 106 cm³/mol. The van der Waals surface area contributed by atoms with Crippen LogP contribution in [-0.2, 0) is 19.1 Å². The Morgan fingerprint density at radius 2 is 1.59 bits per heavy atom. The largest absolute Gasteiger partial charge is 0.347 e. The number of hydrogen-bond acceptors (Lipinski definition) is 5. The van der Waals surface area contributed by atoms with Crippen molar-refractivity contribution in [1.82, 2.24) is 4.90 Å². The van der Waals surface area contributed by atoms with Crippen LogP contribution in [-0.4, -0.2) is 48.8 Å². The Bertz CT molecular complexity index is 777. The number of piperidine rings is 1. The molecule has 7 nitrogen and oxygen atoms in total. The summed E-state index contributed by atoms with van der Waals surface area (Å²) in [5.41, 5.74) is 1.27. The topological polar surface area (TPSA) is 91.7 Å². The van der Waals surface area contributed by atoms with Crippen LogP contribution in [0.3, 0.4) is 0 Å². The van der Waals surface area contributed by atoms with Gasteiger partial charge in [0, 0.05) is 43.5 Å². The summed E-state index contributed by atoms with van der Waals surface area (Å²) in [6.45, 7) is 2.64. The molecule has 2 amide bonds. The molecule has 3 fully saturated rings. The number of nitrogens with one attached hydrogen (secondary N) is 1. The number of anilines is 1. The van der Waals surface area contributed by atoms with E-state index in [0.717, 1.165) is 38.5 Å². The van der Waals surface area contributed by atoms with Gasteiger partial charge in [0.05, 0.1) is 24.8 Å². The minimum absolute atomic E-state index is 0.00366. The zero-order valence-electron chi connectivity index (χ0n) is 16.6. The Morgan fingerprint density at radius 1 is 1.00 bits per heavy atom. The fraction of sp³-hybridized carbons (Fsp3) is 0.591. The average Bonchev–Trinajstić information content (AvgIpc) is 3.22. The molecule has 1 saturated carbocycles. The fourth-order valence-electron chi connectivity index (χ4n) is 4.59. The molecule has 2 aliphatic heterocycles. The molecule has 3 aliphatic rings.